The van der Waals surface area contributed by atoms with Crippen molar-refractivity contribution in [2.24, 2.45) is 0 Å². The first-order valence-corrected chi connectivity index (χ1v) is 9.34. The lowest BCUT2D eigenvalue weighted by Gasteiger charge is -2.15. The number of amides is 1. The van der Waals surface area contributed by atoms with E-state index < -0.39 is 5.97 Å². The van der Waals surface area contributed by atoms with Crippen molar-refractivity contribution >= 4 is 23.3 Å². The fourth-order valence-electron chi connectivity index (χ4n) is 2.56. The maximum absolute atomic E-state index is 12.3. The van der Waals surface area contributed by atoms with Gasteiger partial charge in [-0.15, -0.1) is 0 Å². The highest BCUT2D eigenvalue weighted by molar-refractivity contribution is 5.95. The van der Waals surface area contributed by atoms with E-state index in [1.54, 1.807) is 24.3 Å². The van der Waals surface area contributed by atoms with Gasteiger partial charge in [0.05, 0.1) is 24.0 Å². The second-order valence-electron chi connectivity index (χ2n) is 6.77. The lowest BCUT2D eigenvalue weighted by atomic mass is 10.1. The number of ether oxygens (including phenoxy) is 2. The molecule has 0 spiro atoms. The number of rotatable bonds is 10. The average Bonchev–Trinajstić information content (AvgIpc) is 2.66. The zero-order valence-corrected chi connectivity index (χ0v) is 16.7. The van der Waals surface area contributed by atoms with Gasteiger partial charge in [0.2, 0.25) is 5.91 Å². The fraction of sp³-hybridized carbons (Fsp3) is 0.318. The third kappa shape index (κ3) is 6.95. The highest BCUT2D eigenvalue weighted by atomic mass is 16.5. The quantitative estimate of drug-likeness (QED) is 0.459. The Morgan fingerprint density at radius 1 is 1.07 bits per heavy atom. The standard InChI is InChI=1S/C22H25NO6/c1-14(2)29-20-10-9-17(22(26)27)13-19(20)23-21(25)8-5-11-28-18-7-4-6-16(12-18)15(3)24/h4,6-7,9-10,12-14H,5,8,11H2,1-3H3,(H,23,25)(H,26,27). The van der Waals surface area contributed by atoms with E-state index in [0.29, 0.717) is 35.8 Å². The molecule has 154 valence electrons. The zero-order chi connectivity index (χ0) is 21.4. The van der Waals surface area contributed by atoms with Gasteiger partial charge in [-0.25, -0.2) is 4.79 Å². The van der Waals surface area contributed by atoms with E-state index in [1.807, 2.05) is 13.8 Å². The van der Waals surface area contributed by atoms with E-state index in [-0.39, 0.29) is 29.8 Å². The van der Waals surface area contributed by atoms with Gasteiger partial charge in [0.1, 0.15) is 11.5 Å². The van der Waals surface area contributed by atoms with Crippen LogP contribution >= 0.6 is 0 Å². The summed E-state index contributed by atoms with van der Waals surface area (Å²) in [6.07, 6.45) is 0.514. The molecule has 0 saturated carbocycles. The summed E-state index contributed by atoms with van der Waals surface area (Å²) in [7, 11) is 0. The molecule has 0 fully saturated rings. The van der Waals surface area contributed by atoms with Crippen LogP contribution in [0.1, 0.15) is 54.3 Å². The molecule has 1 amide bonds. The maximum atomic E-state index is 12.3. The van der Waals surface area contributed by atoms with Crippen molar-refractivity contribution < 1.29 is 29.0 Å². The molecule has 2 N–H and O–H groups in total. The number of nitrogens with one attached hydrogen (secondary N) is 1. The van der Waals surface area contributed by atoms with Crippen molar-refractivity contribution in [3.8, 4) is 11.5 Å². The first kappa shape index (κ1) is 21.9. The van der Waals surface area contributed by atoms with E-state index in [1.165, 1.54) is 25.1 Å². The average molecular weight is 399 g/mol. The normalized spacial score (nSPS) is 10.5. The number of Topliss-reactive ketones (excluding diaryl/α,β-unsaturated/α-hetero) is 1. The highest BCUT2D eigenvalue weighted by Crippen LogP contribution is 2.27. The minimum Gasteiger partial charge on any atom is -0.494 e. The summed E-state index contributed by atoms with van der Waals surface area (Å²) in [5.41, 5.74) is 0.944. The van der Waals surface area contributed by atoms with Crippen molar-refractivity contribution in [2.75, 3.05) is 11.9 Å². The van der Waals surface area contributed by atoms with Gasteiger partial charge in [0.25, 0.3) is 0 Å². The molecule has 29 heavy (non-hydrogen) atoms. The molecule has 0 aliphatic rings. The number of ketones is 1. The summed E-state index contributed by atoms with van der Waals surface area (Å²) in [6, 6.07) is 11.2. The minimum atomic E-state index is -1.09. The lowest BCUT2D eigenvalue weighted by Crippen LogP contribution is -2.15. The molecule has 0 bridgehead atoms. The molecule has 0 saturated heterocycles. The van der Waals surface area contributed by atoms with Gasteiger partial charge in [-0.1, -0.05) is 12.1 Å². The van der Waals surface area contributed by atoms with Gasteiger partial charge in [-0.2, -0.15) is 0 Å². The molecule has 7 heteroatoms. The molecule has 0 heterocycles. The van der Waals surface area contributed by atoms with Crippen LogP contribution in [0.3, 0.4) is 0 Å². The summed E-state index contributed by atoms with van der Waals surface area (Å²) in [6.45, 7) is 5.48. The van der Waals surface area contributed by atoms with Gasteiger partial charge < -0.3 is 19.9 Å². The summed E-state index contributed by atoms with van der Waals surface area (Å²) in [5, 5.41) is 11.9. The SMILES string of the molecule is CC(=O)c1cccc(OCCCC(=O)Nc2cc(C(=O)O)ccc2OC(C)C)c1. The van der Waals surface area contributed by atoms with Crippen LogP contribution in [0.15, 0.2) is 42.5 Å². The monoisotopic (exact) mass is 399 g/mol. The van der Waals surface area contributed by atoms with E-state index in [9.17, 15) is 14.4 Å². The van der Waals surface area contributed by atoms with Gasteiger partial charge in [-0.05, 0) is 57.5 Å². The van der Waals surface area contributed by atoms with Crippen LogP contribution in [-0.2, 0) is 4.79 Å². The molecule has 0 radical (unpaired) electrons. The van der Waals surface area contributed by atoms with Crippen molar-refractivity contribution in [3.05, 3.63) is 53.6 Å². The molecule has 0 atom stereocenters. The van der Waals surface area contributed by atoms with Gasteiger partial charge in [0, 0.05) is 12.0 Å². The molecule has 0 unspecified atom stereocenters. The van der Waals surface area contributed by atoms with Crippen LogP contribution in [0, 0.1) is 0 Å². The first-order valence-electron chi connectivity index (χ1n) is 9.34. The summed E-state index contributed by atoms with van der Waals surface area (Å²) in [4.78, 5) is 34.9. The fourth-order valence-corrected chi connectivity index (χ4v) is 2.56. The third-order valence-electron chi connectivity index (χ3n) is 3.92. The molecular formula is C22H25NO6. The van der Waals surface area contributed by atoms with Crippen LogP contribution in [0.2, 0.25) is 0 Å². The summed E-state index contributed by atoms with van der Waals surface area (Å²) in [5.74, 6) is -0.423. The van der Waals surface area contributed by atoms with Crippen LogP contribution in [0.4, 0.5) is 5.69 Å². The minimum absolute atomic E-state index is 0.0437. The highest BCUT2D eigenvalue weighted by Gasteiger charge is 2.13. The van der Waals surface area contributed by atoms with Crippen LogP contribution in [0.25, 0.3) is 0 Å². The molecule has 2 aromatic carbocycles. The number of carbonyl (C=O) groups excluding carboxylic acids is 2. The Bertz CT molecular complexity index is 891. The lowest BCUT2D eigenvalue weighted by molar-refractivity contribution is -0.116. The predicted molar refractivity (Wildman–Crippen MR) is 109 cm³/mol. The van der Waals surface area contributed by atoms with Crippen LogP contribution in [0.5, 0.6) is 11.5 Å². The largest absolute Gasteiger partial charge is 0.494 e. The van der Waals surface area contributed by atoms with E-state index in [4.69, 9.17) is 14.6 Å². The summed E-state index contributed by atoms with van der Waals surface area (Å²) >= 11 is 0. The number of aromatic carboxylic acids is 1. The Morgan fingerprint density at radius 3 is 2.48 bits per heavy atom. The van der Waals surface area contributed by atoms with Crippen LogP contribution in [-0.4, -0.2) is 35.5 Å². The second kappa shape index (κ2) is 10.3. The number of hydrogen-bond donors (Lipinski definition) is 2. The number of benzene rings is 2. The van der Waals surface area contributed by atoms with Gasteiger partial charge in [-0.3, -0.25) is 9.59 Å². The molecule has 2 rings (SSSR count). The second-order valence-corrected chi connectivity index (χ2v) is 6.77. The molecular weight excluding hydrogens is 374 g/mol. The number of anilines is 1. The zero-order valence-electron chi connectivity index (χ0n) is 16.7. The van der Waals surface area contributed by atoms with Gasteiger partial charge in [0.15, 0.2) is 5.78 Å². The Kier molecular flexibility index (Phi) is 7.77. The number of carboxylic acids is 1. The number of hydrogen-bond acceptors (Lipinski definition) is 5. The van der Waals surface area contributed by atoms with E-state index >= 15 is 0 Å². The van der Waals surface area contributed by atoms with Crippen molar-refractivity contribution in [1.29, 1.82) is 0 Å². The Labute approximate surface area is 169 Å². The summed E-state index contributed by atoms with van der Waals surface area (Å²) < 4.78 is 11.2. The maximum Gasteiger partial charge on any atom is 0.335 e. The molecule has 0 aliphatic heterocycles. The van der Waals surface area contributed by atoms with E-state index in [0.717, 1.165) is 0 Å². The van der Waals surface area contributed by atoms with Crippen molar-refractivity contribution in [3.63, 3.8) is 0 Å². The number of carbonyl (C=O) groups is 3. The Hall–Kier alpha value is -3.35. The predicted octanol–water partition coefficient (Wildman–Crippen LogP) is 4.17. The topological polar surface area (TPSA) is 102 Å². The van der Waals surface area contributed by atoms with Crippen molar-refractivity contribution in [2.45, 2.75) is 39.7 Å². The molecule has 7 nitrogen and oxygen atoms in total. The Balaban J connectivity index is 1.91. The third-order valence-corrected chi connectivity index (χ3v) is 3.92. The number of carboxylic acid groups (broad SMARTS) is 1. The first-order chi connectivity index (χ1) is 13.8. The Morgan fingerprint density at radius 2 is 1.83 bits per heavy atom. The smallest absolute Gasteiger partial charge is 0.335 e. The molecule has 0 aliphatic carbocycles. The molecule has 2 aromatic rings. The van der Waals surface area contributed by atoms with E-state index in [2.05, 4.69) is 5.32 Å². The van der Waals surface area contributed by atoms with Crippen LogP contribution < -0.4 is 14.8 Å². The van der Waals surface area contributed by atoms with Gasteiger partial charge >= 0.3 is 5.97 Å². The molecule has 0 aromatic heterocycles. The van der Waals surface area contributed by atoms with Crippen molar-refractivity contribution in [1.82, 2.24) is 0 Å².